The third-order valence-electron chi connectivity index (χ3n) is 3.02. The maximum atomic E-state index is 5.21. The van der Waals surface area contributed by atoms with Crippen molar-refractivity contribution < 1.29 is 4.52 Å². The van der Waals surface area contributed by atoms with Gasteiger partial charge in [0.25, 0.3) is 0 Å². The van der Waals surface area contributed by atoms with Crippen LogP contribution in [0.25, 0.3) is 11.6 Å². The van der Waals surface area contributed by atoms with Crippen molar-refractivity contribution in [3.05, 3.63) is 47.1 Å². The second kappa shape index (κ2) is 4.64. The number of nitrogens with zero attached hydrogens (tertiary/aromatic N) is 4. The standard InChI is InChI=1S/C13H13N5O/c1-8-3-4-10(5-9(8)2)6-11-16-13(18-19-11)12-14-7-15-17-12/h3-5,7H,6H2,1-2H3,(H,14,15,17). The Labute approximate surface area is 109 Å². The summed E-state index contributed by atoms with van der Waals surface area (Å²) < 4.78 is 5.21. The van der Waals surface area contributed by atoms with Crippen molar-refractivity contribution in [1.29, 1.82) is 0 Å². The molecule has 0 amide bonds. The summed E-state index contributed by atoms with van der Waals surface area (Å²) in [5, 5.41) is 10.3. The van der Waals surface area contributed by atoms with E-state index in [0.29, 0.717) is 24.0 Å². The van der Waals surface area contributed by atoms with E-state index in [9.17, 15) is 0 Å². The summed E-state index contributed by atoms with van der Waals surface area (Å²) in [5.41, 5.74) is 3.68. The van der Waals surface area contributed by atoms with Gasteiger partial charge in [0.1, 0.15) is 6.33 Å². The van der Waals surface area contributed by atoms with E-state index >= 15 is 0 Å². The summed E-state index contributed by atoms with van der Waals surface area (Å²) in [4.78, 5) is 8.27. The Hall–Kier alpha value is -2.50. The molecule has 96 valence electrons. The van der Waals surface area contributed by atoms with Crippen molar-refractivity contribution in [2.75, 3.05) is 0 Å². The van der Waals surface area contributed by atoms with Crippen LogP contribution in [0, 0.1) is 13.8 Å². The maximum Gasteiger partial charge on any atom is 0.239 e. The van der Waals surface area contributed by atoms with E-state index in [2.05, 4.69) is 57.4 Å². The highest BCUT2D eigenvalue weighted by atomic mass is 16.5. The van der Waals surface area contributed by atoms with E-state index in [0.717, 1.165) is 5.56 Å². The highest BCUT2D eigenvalue weighted by Gasteiger charge is 2.11. The molecule has 0 aliphatic heterocycles. The summed E-state index contributed by atoms with van der Waals surface area (Å²) in [7, 11) is 0. The molecule has 0 saturated heterocycles. The Morgan fingerprint density at radius 3 is 2.84 bits per heavy atom. The smallest absolute Gasteiger partial charge is 0.239 e. The fourth-order valence-corrected chi connectivity index (χ4v) is 1.82. The van der Waals surface area contributed by atoms with Gasteiger partial charge in [0.2, 0.25) is 11.7 Å². The number of hydrogen-bond donors (Lipinski definition) is 1. The first-order valence-corrected chi connectivity index (χ1v) is 5.97. The van der Waals surface area contributed by atoms with E-state index in [1.54, 1.807) is 0 Å². The molecule has 1 N–H and O–H groups in total. The summed E-state index contributed by atoms with van der Waals surface area (Å²) in [6.07, 6.45) is 2.02. The Balaban J connectivity index is 1.82. The SMILES string of the molecule is Cc1ccc(Cc2nc(-c3ncn[nH]3)no2)cc1C. The first-order chi connectivity index (χ1) is 9.22. The van der Waals surface area contributed by atoms with Gasteiger partial charge in [0, 0.05) is 0 Å². The quantitative estimate of drug-likeness (QED) is 0.774. The molecular formula is C13H13N5O. The first kappa shape index (κ1) is 11.6. The van der Waals surface area contributed by atoms with Crippen molar-refractivity contribution in [3.63, 3.8) is 0 Å². The molecule has 0 fully saturated rings. The largest absolute Gasteiger partial charge is 0.339 e. The minimum atomic E-state index is 0.427. The Morgan fingerprint density at radius 2 is 2.11 bits per heavy atom. The zero-order valence-corrected chi connectivity index (χ0v) is 10.7. The second-order valence-corrected chi connectivity index (χ2v) is 4.44. The molecule has 0 atom stereocenters. The number of aromatic nitrogens is 5. The molecule has 6 heteroatoms. The van der Waals surface area contributed by atoms with Gasteiger partial charge in [0.15, 0.2) is 5.82 Å². The molecular weight excluding hydrogens is 242 g/mol. The molecule has 0 saturated carbocycles. The van der Waals surface area contributed by atoms with E-state index in [-0.39, 0.29) is 0 Å². The summed E-state index contributed by atoms with van der Waals surface area (Å²) in [6, 6.07) is 6.30. The molecule has 0 unspecified atom stereocenters. The monoisotopic (exact) mass is 255 g/mol. The van der Waals surface area contributed by atoms with Crippen LogP contribution in [0.1, 0.15) is 22.6 Å². The molecule has 2 aromatic heterocycles. The van der Waals surface area contributed by atoms with Crippen LogP contribution in [0.5, 0.6) is 0 Å². The highest BCUT2D eigenvalue weighted by Crippen LogP contribution is 2.15. The lowest BCUT2D eigenvalue weighted by Crippen LogP contribution is -1.91. The normalized spacial score (nSPS) is 10.8. The number of aromatic amines is 1. The van der Waals surface area contributed by atoms with Gasteiger partial charge < -0.3 is 4.52 Å². The molecule has 2 heterocycles. The van der Waals surface area contributed by atoms with Crippen LogP contribution in [0.3, 0.4) is 0 Å². The van der Waals surface area contributed by atoms with Gasteiger partial charge in [-0.3, -0.25) is 5.10 Å². The number of benzene rings is 1. The number of aryl methyl sites for hydroxylation is 2. The fourth-order valence-electron chi connectivity index (χ4n) is 1.82. The fraction of sp³-hybridized carbons (Fsp3) is 0.231. The number of rotatable bonds is 3. The van der Waals surface area contributed by atoms with Gasteiger partial charge in [-0.05, 0) is 30.5 Å². The predicted molar refractivity (Wildman–Crippen MR) is 68.4 cm³/mol. The van der Waals surface area contributed by atoms with Gasteiger partial charge in [-0.15, -0.1) is 0 Å². The van der Waals surface area contributed by atoms with Crippen molar-refractivity contribution in [2.24, 2.45) is 0 Å². The summed E-state index contributed by atoms with van der Waals surface area (Å²) in [6.45, 7) is 4.18. The third-order valence-corrected chi connectivity index (χ3v) is 3.02. The maximum absolute atomic E-state index is 5.21. The molecule has 6 nitrogen and oxygen atoms in total. The predicted octanol–water partition coefficient (Wildman–Crippen LogP) is 2.06. The zero-order valence-electron chi connectivity index (χ0n) is 10.7. The van der Waals surface area contributed by atoms with Gasteiger partial charge in [0.05, 0.1) is 6.42 Å². The second-order valence-electron chi connectivity index (χ2n) is 4.44. The highest BCUT2D eigenvalue weighted by molar-refractivity contribution is 5.40. The lowest BCUT2D eigenvalue weighted by atomic mass is 10.0. The molecule has 0 aliphatic carbocycles. The van der Waals surface area contributed by atoms with E-state index in [4.69, 9.17) is 4.52 Å². The van der Waals surface area contributed by atoms with Crippen molar-refractivity contribution in [1.82, 2.24) is 25.3 Å². The van der Waals surface area contributed by atoms with Crippen molar-refractivity contribution >= 4 is 0 Å². The molecule has 0 radical (unpaired) electrons. The van der Waals surface area contributed by atoms with Crippen LogP contribution >= 0.6 is 0 Å². The molecule has 0 bridgehead atoms. The minimum Gasteiger partial charge on any atom is -0.339 e. The summed E-state index contributed by atoms with van der Waals surface area (Å²) >= 11 is 0. The number of H-pyrrole nitrogens is 1. The number of nitrogens with one attached hydrogen (secondary N) is 1. The minimum absolute atomic E-state index is 0.427. The molecule has 3 rings (SSSR count). The first-order valence-electron chi connectivity index (χ1n) is 5.97. The molecule has 3 aromatic rings. The Bertz CT molecular complexity index is 687. The van der Waals surface area contributed by atoms with Gasteiger partial charge in [-0.1, -0.05) is 23.4 Å². The van der Waals surface area contributed by atoms with Gasteiger partial charge in [-0.2, -0.15) is 10.1 Å². The van der Waals surface area contributed by atoms with E-state index < -0.39 is 0 Å². The van der Waals surface area contributed by atoms with Crippen LogP contribution in [0.4, 0.5) is 0 Å². The average molecular weight is 255 g/mol. The molecule has 1 aromatic carbocycles. The van der Waals surface area contributed by atoms with Gasteiger partial charge in [-0.25, -0.2) is 4.98 Å². The molecule has 0 aliphatic rings. The molecule has 19 heavy (non-hydrogen) atoms. The van der Waals surface area contributed by atoms with Crippen LogP contribution < -0.4 is 0 Å². The van der Waals surface area contributed by atoms with Crippen LogP contribution in [0.15, 0.2) is 29.0 Å². The Morgan fingerprint density at radius 1 is 1.21 bits per heavy atom. The average Bonchev–Trinajstić information content (AvgIpc) is 3.04. The van der Waals surface area contributed by atoms with Crippen molar-refractivity contribution in [2.45, 2.75) is 20.3 Å². The van der Waals surface area contributed by atoms with Crippen LogP contribution in [0.2, 0.25) is 0 Å². The lowest BCUT2D eigenvalue weighted by Gasteiger charge is -2.02. The topological polar surface area (TPSA) is 80.5 Å². The van der Waals surface area contributed by atoms with Crippen molar-refractivity contribution in [3.8, 4) is 11.6 Å². The van der Waals surface area contributed by atoms with Crippen LogP contribution in [-0.2, 0) is 6.42 Å². The van der Waals surface area contributed by atoms with E-state index in [1.165, 1.54) is 17.5 Å². The number of hydrogen-bond acceptors (Lipinski definition) is 5. The zero-order chi connectivity index (χ0) is 13.2. The molecule has 0 spiro atoms. The third kappa shape index (κ3) is 2.37. The summed E-state index contributed by atoms with van der Waals surface area (Å²) in [5.74, 6) is 1.50. The lowest BCUT2D eigenvalue weighted by molar-refractivity contribution is 0.385. The van der Waals surface area contributed by atoms with Gasteiger partial charge >= 0.3 is 0 Å². The Kier molecular flexibility index (Phi) is 2.83. The van der Waals surface area contributed by atoms with E-state index in [1.807, 2.05) is 0 Å². The van der Waals surface area contributed by atoms with Crippen LogP contribution in [-0.4, -0.2) is 25.3 Å².